The molecule has 0 aliphatic carbocycles. The third-order valence-corrected chi connectivity index (χ3v) is 1.30. The SMILES string of the molecule is CC(C)C(=O)c1cc(N)no1. The lowest BCUT2D eigenvalue weighted by atomic mass is 10.1. The molecule has 0 unspecified atom stereocenters. The second-order valence-electron chi connectivity index (χ2n) is 2.63. The number of carbonyl (C=O) groups excluding carboxylic acids is 1. The summed E-state index contributed by atoms with van der Waals surface area (Å²) < 4.78 is 4.66. The highest BCUT2D eigenvalue weighted by molar-refractivity contribution is 5.95. The van der Waals surface area contributed by atoms with E-state index in [-0.39, 0.29) is 23.3 Å². The van der Waals surface area contributed by atoms with Gasteiger partial charge in [-0.15, -0.1) is 0 Å². The van der Waals surface area contributed by atoms with Crippen LogP contribution in [0.1, 0.15) is 24.4 Å². The number of rotatable bonds is 2. The van der Waals surface area contributed by atoms with E-state index in [0.29, 0.717) is 0 Å². The summed E-state index contributed by atoms with van der Waals surface area (Å²) in [6, 6.07) is 1.43. The summed E-state index contributed by atoms with van der Waals surface area (Å²) in [5, 5.41) is 3.40. The molecule has 1 heterocycles. The minimum Gasteiger partial charge on any atom is -0.381 e. The normalized spacial score (nSPS) is 10.5. The van der Waals surface area contributed by atoms with Gasteiger partial charge >= 0.3 is 0 Å². The summed E-state index contributed by atoms with van der Waals surface area (Å²) in [4.78, 5) is 11.2. The maximum atomic E-state index is 11.2. The van der Waals surface area contributed by atoms with Crippen LogP contribution in [0.5, 0.6) is 0 Å². The maximum Gasteiger partial charge on any atom is 0.204 e. The van der Waals surface area contributed by atoms with Crippen LogP contribution >= 0.6 is 0 Å². The van der Waals surface area contributed by atoms with Crippen molar-refractivity contribution in [3.8, 4) is 0 Å². The van der Waals surface area contributed by atoms with E-state index in [1.165, 1.54) is 6.07 Å². The predicted octanol–water partition coefficient (Wildman–Crippen LogP) is 1.10. The first kappa shape index (κ1) is 7.78. The first-order chi connectivity index (χ1) is 5.11. The third kappa shape index (κ3) is 1.58. The molecular weight excluding hydrogens is 144 g/mol. The first-order valence-electron chi connectivity index (χ1n) is 3.37. The molecule has 1 rings (SSSR count). The number of carbonyl (C=O) groups is 1. The molecule has 0 aliphatic rings. The Kier molecular flexibility index (Phi) is 1.94. The third-order valence-electron chi connectivity index (χ3n) is 1.30. The highest BCUT2D eigenvalue weighted by Crippen LogP contribution is 2.10. The monoisotopic (exact) mass is 154 g/mol. The Hall–Kier alpha value is -1.32. The molecule has 0 amide bonds. The van der Waals surface area contributed by atoms with E-state index < -0.39 is 0 Å². The summed E-state index contributed by atoms with van der Waals surface area (Å²) in [6.07, 6.45) is 0. The summed E-state index contributed by atoms with van der Waals surface area (Å²) in [7, 11) is 0. The number of nitrogens with two attached hydrogens (primary N) is 1. The van der Waals surface area contributed by atoms with Gasteiger partial charge in [0.25, 0.3) is 0 Å². The number of hydrogen-bond donors (Lipinski definition) is 1. The molecule has 11 heavy (non-hydrogen) atoms. The van der Waals surface area contributed by atoms with Crippen molar-refractivity contribution in [2.24, 2.45) is 5.92 Å². The molecule has 0 radical (unpaired) electrons. The second-order valence-corrected chi connectivity index (χ2v) is 2.63. The number of anilines is 1. The quantitative estimate of drug-likeness (QED) is 0.647. The van der Waals surface area contributed by atoms with Gasteiger partial charge in [0.15, 0.2) is 5.82 Å². The fourth-order valence-electron chi connectivity index (χ4n) is 0.690. The van der Waals surface area contributed by atoms with Crippen molar-refractivity contribution < 1.29 is 9.32 Å². The Labute approximate surface area is 64.4 Å². The van der Waals surface area contributed by atoms with Gasteiger partial charge in [-0.25, -0.2) is 0 Å². The molecule has 60 valence electrons. The van der Waals surface area contributed by atoms with E-state index in [9.17, 15) is 4.79 Å². The zero-order chi connectivity index (χ0) is 8.43. The van der Waals surface area contributed by atoms with Crippen LogP contribution in [0.15, 0.2) is 10.6 Å². The van der Waals surface area contributed by atoms with E-state index in [4.69, 9.17) is 5.73 Å². The molecule has 2 N–H and O–H groups in total. The molecule has 0 spiro atoms. The Morgan fingerprint density at radius 2 is 2.36 bits per heavy atom. The van der Waals surface area contributed by atoms with Crippen LogP contribution in [0, 0.1) is 5.92 Å². The maximum absolute atomic E-state index is 11.2. The number of ketones is 1. The molecule has 1 aromatic heterocycles. The van der Waals surface area contributed by atoms with Crippen molar-refractivity contribution in [2.75, 3.05) is 5.73 Å². The van der Waals surface area contributed by atoms with Crippen LogP contribution in [0.2, 0.25) is 0 Å². The predicted molar refractivity (Wildman–Crippen MR) is 40.1 cm³/mol. The van der Waals surface area contributed by atoms with Gasteiger partial charge in [-0.05, 0) is 0 Å². The average Bonchev–Trinajstić information content (AvgIpc) is 2.34. The van der Waals surface area contributed by atoms with Crippen LogP contribution < -0.4 is 5.73 Å². The fourth-order valence-corrected chi connectivity index (χ4v) is 0.690. The van der Waals surface area contributed by atoms with Crippen molar-refractivity contribution in [3.63, 3.8) is 0 Å². The zero-order valence-corrected chi connectivity index (χ0v) is 6.50. The lowest BCUT2D eigenvalue weighted by Crippen LogP contribution is -2.05. The van der Waals surface area contributed by atoms with Gasteiger partial charge in [0, 0.05) is 12.0 Å². The Morgan fingerprint density at radius 1 is 1.73 bits per heavy atom. The van der Waals surface area contributed by atoms with E-state index in [0.717, 1.165) is 0 Å². The van der Waals surface area contributed by atoms with Crippen molar-refractivity contribution in [1.29, 1.82) is 0 Å². The van der Waals surface area contributed by atoms with Gasteiger partial charge in [-0.3, -0.25) is 4.79 Å². The summed E-state index contributed by atoms with van der Waals surface area (Å²) in [6.45, 7) is 3.59. The van der Waals surface area contributed by atoms with Gasteiger partial charge in [0.05, 0.1) is 0 Å². The zero-order valence-electron chi connectivity index (χ0n) is 6.50. The van der Waals surface area contributed by atoms with Crippen molar-refractivity contribution in [2.45, 2.75) is 13.8 Å². The van der Waals surface area contributed by atoms with Crippen LogP contribution in [-0.4, -0.2) is 10.9 Å². The number of nitrogen functional groups attached to an aromatic ring is 1. The van der Waals surface area contributed by atoms with E-state index in [1.807, 2.05) is 0 Å². The lowest BCUT2D eigenvalue weighted by molar-refractivity contribution is 0.0902. The Morgan fingerprint density at radius 3 is 2.73 bits per heavy atom. The van der Waals surface area contributed by atoms with Crippen LogP contribution in [0.3, 0.4) is 0 Å². The van der Waals surface area contributed by atoms with E-state index in [2.05, 4.69) is 9.68 Å². The number of nitrogens with zero attached hydrogens (tertiary/aromatic N) is 1. The molecule has 0 aromatic carbocycles. The van der Waals surface area contributed by atoms with Gasteiger partial charge in [-0.1, -0.05) is 19.0 Å². The largest absolute Gasteiger partial charge is 0.381 e. The fraction of sp³-hybridized carbons (Fsp3) is 0.429. The molecule has 1 aromatic rings. The van der Waals surface area contributed by atoms with E-state index in [1.54, 1.807) is 13.8 Å². The van der Waals surface area contributed by atoms with E-state index >= 15 is 0 Å². The Balaban J connectivity index is 2.85. The second kappa shape index (κ2) is 2.74. The Bertz CT molecular complexity index is 265. The van der Waals surface area contributed by atoms with Crippen LogP contribution in [0.25, 0.3) is 0 Å². The van der Waals surface area contributed by atoms with Crippen molar-refractivity contribution >= 4 is 11.6 Å². The van der Waals surface area contributed by atoms with Gasteiger partial charge in [0.1, 0.15) is 0 Å². The van der Waals surface area contributed by atoms with Crippen LogP contribution in [-0.2, 0) is 0 Å². The van der Waals surface area contributed by atoms with Crippen LogP contribution in [0.4, 0.5) is 5.82 Å². The summed E-state index contributed by atoms with van der Waals surface area (Å²) >= 11 is 0. The van der Waals surface area contributed by atoms with Crippen molar-refractivity contribution in [1.82, 2.24) is 5.16 Å². The molecule has 4 heteroatoms. The molecule has 0 atom stereocenters. The minimum absolute atomic E-state index is 0.0748. The molecule has 0 bridgehead atoms. The molecule has 0 saturated heterocycles. The average molecular weight is 154 g/mol. The standard InChI is InChI=1S/C7H10N2O2/c1-4(2)7(10)5-3-6(8)9-11-5/h3-4H,1-2H3,(H2,8,9). The number of aromatic nitrogens is 1. The lowest BCUT2D eigenvalue weighted by Gasteiger charge is -1.96. The number of hydrogen-bond acceptors (Lipinski definition) is 4. The molecule has 0 fully saturated rings. The summed E-state index contributed by atoms with van der Waals surface area (Å²) in [5.41, 5.74) is 5.26. The smallest absolute Gasteiger partial charge is 0.204 e. The minimum atomic E-state index is -0.0812. The highest BCUT2D eigenvalue weighted by atomic mass is 16.5. The molecule has 0 aliphatic heterocycles. The number of Topliss-reactive ketones (excluding diaryl/α,β-unsaturated/α-hetero) is 1. The molecule has 4 nitrogen and oxygen atoms in total. The highest BCUT2D eigenvalue weighted by Gasteiger charge is 2.14. The summed E-state index contributed by atoms with van der Waals surface area (Å²) in [5.74, 6) is 0.322. The van der Waals surface area contributed by atoms with Gasteiger partial charge < -0.3 is 10.3 Å². The first-order valence-corrected chi connectivity index (χ1v) is 3.37. The van der Waals surface area contributed by atoms with Crippen molar-refractivity contribution in [3.05, 3.63) is 11.8 Å². The molecule has 0 saturated carbocycles. The van der Waals surface area contributed by atoms with Gasteiger partial charge in [0.2, 0.25) is 11.5 Å². The van der Waals surface area contributed by atoms with Gasteiger partial charge in [-0.2, -0.15) is 0 Å². The topological polar surface area (TPSA) is 69.1 Å². The molecular formula is C7H10N2O2.